The standard InChI is InChI=1S/C18H21N3O3S/c1-13-12-25-18(19-13)20-17(23)10-21-7-8-24-11-15(21)9-16(22)14-5-3-2-4-6-14/h2-6,12,15H,7-11H2,1H3,(H,19,20,23)/t15-/m1/s1. The average Bonchev–Trinajstić information content (AvgIpc) is 3.02. The number of ether oxygens (including phenoxy) is 1. The molecular weight excluding hydrogens is 338 g/mol. The van der Waals surface area contributed by atoms with Crippen LogP contribution in [0.2, 0.25) is 0 Å². The third-order valence-corrected chi connectivity index (χ3v) is 4.95. The lowest BCUT2D eigenvalue weighted by molar-refractivity contribution is -0.119. The van der Waals surface area contributed by atoms with E-state index < -0.39 is 0 Å². The average molecular weight is 359 g/mol. The van der Waals surface area contributed by atoms with E-state index in [1.165, 1.54) is 11.3 Å². The van der Waals surface area contributed by atoms with Crippen LogP contribution in [-0.4, -0.2) is 53.9 Å². The molecule has 0 bridgehead atoms. The molecule has 1 fully saturated rings. The second kappa shape index (κ2) is 8.33. The number of hydrogen-bond donors (Lipinski definition) is 1. The summed E-state index contributed by atoms with van der Waals surface area (Å²) in [6, 6.07) is 9.13. The van der Waals surface area contributed by atoms with Gasteiger partial charge in [-0.1, -0.05) is 30.3 Å². The third kappa shape index (κ3) is 4.94. The van der Waals surface area contributed by atoms with Crippen LogP contribution in [0.25, 0.3) is 0 Å². The SMILES string of the molecule is Cc1csc(NC(=O)CN2CCOC[C@H]2CC(=O)c2ccccc2)n1. The summed E-state index contributed by atoms with van der Waals surface area (Å²) < 4.78 is 5.52. The molecule has 0 saturated carbocycles. The first-order valence-electron chi connectivity index (χ1n) is 8.24. The number of anilines is 1. The van der Waals surface area contributed by atoms with Gasteiger partial charge in [-0.3, -0.25) is 14.5 Å². The zero-order valence-corrected chi connectivity index (χ0v) is 14.9. The summed E-state index contributed by atoms with van der Waals surface area (Å²) in [6.07, 6.45) is 0.341. The van der Waals surface area contributed by atoms with Crippen molar-refractivity contribution in [2.24, 2.45) is 0 Å². The fourth-order valence-electron chi connectivity index (χ4n) is 2.80. The Kier molecular flexibility index (Phi) is 5.91. The number of carbonyl (C=O) groups is 2. The lowest BCUT2D eigenvalue weighted by Gasteiger charge is -2.34. The van der Waals surface area contributed by atoms with Crippen molar-refractivity contribution in [3.05, 3.63) is 47.0 Å². The van der Waals surface area contributed by atoms with E-state index in [0.29, 0.717) is 36.9 Å². The fraction of sp³-hybridized carbons (Fsp3) is 0.389. The van der Waals surface area contributed by atoms with E-state index in [-0.39, 0.29) is 24.3 Å². The molecule has 1 amide bonds. The zero-order valence-electron chi connectivity index (χ0n) is 14.1. The molecule has 6 nitrogen and oxygen atoms in total. The summed E-state index contributed by atoms with van der Waals surface area (Å²) in [7, 11) is 0. The molecule has 1 N–H and O–H groups in total. The summed E-state index contributed by atoms with van der Waals surface area (Å²) in [6.45, 7) is 3.78. The lowest BCUT2D eigenvalue weighted by Crippen LogP contribution is -2.49. The number of carbonyl (C=O) groups excluding carboxylic acids is 2. The molecule has 1 aliphatic rings. The second-order valence-corrected chi connectivity index (χ2v) is 6.89. The Labute approximate surface area is 150 Å². The van der Waals surface area contributed by atoms with Crippen molar-refractivity contribution in [1.82, 2.24) is 9.88 Å². The first-order chi connectivity index (χ1) is 12.1. The molecule has 0 spiro atoms. The van der Waals surface area contributed by atoms with Crippen molar-refractivity contribution in [3.63, 3.8) is 0 Å². The highest BCUT2D eigenvalue weighted by Crippen LogP contribution is 2.16. The van der Waals surface area contributed by atoms with E-state index in [1.807, 2.05) is 47.5 Å². The molecule has 3 rings (SSSR count). The van der Waals surface area contributed by atoms with Gasteiger partial charge < -0.3 is 10.1 Å². The van der Waals surface area contributed by atoms with Crippen molar-refractivity contribution in [2.75, 3.05) is 31.6 Å². The number of benzene rings is 1. The molecule has 132 valence electrons. The molecule has 1 aromatic heterocycles. The van der Waals surface area contributed by atoms with Crippen LogP contribution >= 0.6 is 11.3 Å². The van der Waals surface area contributed by atoms with E-state index in [2.05, 4.69) is 10.3 Å². The Bertz CT molecular complexity index is 732. The van der Waals surface area contributed by atoms with Crippen LogP contribution in [0.4, 0.5) is 5.13 Å². The monoisotopic (exact) mass is 359 g/mol. The van der Waals surface area contributed by atoms with Crippen LogP contribution in [0, 0.1) is 6.92 Å². The number of aryl methyl sites for hydroxylation is 1. The van der Waals surface area contributed by atoms with Gasteiger partial charge in [0.05, 0.1) is 25.5 Å². The largest absolute Gasteiger partial charge is 0.378 e. The Hall–Kier alpha value is -2.09. The first kappa shape index (κ1) is 17.7. The highest BCUT2D eigenvalue weighted by molar-refractivity contribution is 7.13. The number of aromatic nitrogens is 1. The molecule has 1 aromatic carbocycles. The molecule has 1 atom stereocenters. The molecule has 2 aromatic rings. The number of rotatable bonds is 6. The second-order valence-electron chi connectivity index (χ2n) is 6.03. The predicted octanol–water partition coefficient (Wildman–Crippen LogP) is 2.36. The van der Waals surface area contributed by atoms with Crippen molar-refractivity contribution in [2.45, 2.75) is 19.4 Å². The van der Waals surface area contributed by atoms with E-state index in [9.17, 15) is 9.59 Å². The molecule has 2 heterocycles. The van der Waals surface area contributed by atoms with Gasteiger partial charge in [0, 0.05) is 30.0 Å². The summed E-state index contributed by atoms with van der Waals surface area (Å²) in [4.78, 5) is 31.0. The maximum absolute atomic E-state index is 12.4. The van der Waals surface area contributed by atoms with Gasteiger partial charge in [-0.05, 0) is 6.92 Å². The fourth-order valence-corrected chi connectivity index (χ4v) is 3.50. The van der Waals surface area contributed by atoms with Gasteiger partial charge in [0.2, 0.25) is 5.91 Å². The predicted molar refractivity (Wildman–Crippen MR) is 97.1 cm³/mol. The highest BCUT2D eigenvalue weighted by atomic mass is 32.1. The van der Waals surface area contributed by atoms with Crippen LogP contribution in [-0.2, 0) is 9.53 Å². The summed E-state index contributed by atoms with van der Waals surface area (Å²) in [5, 5.41) is 5.32. The van der Waals surface area contributed by atoms with Crippen LogP contribution in [0.3, 0.4) is 0 Å². The van der Waals surface area contributed by atoms with Gasteiger partial charge in [0.15, 0.2) is 10.9 Å². The number of hydrogen-bond acceptors (Lipinski definition) is 6. The van der Waals surface area contributed by atoms with Gasteiger partial charge in [-0.25, -0.2) is 4.98 Å². The van der Waals surface area contributed by atoms with Gasteiger partial charge in [-0.15, -0.1) is 11.3 Å². The van der Waals surface area contributed by atoms with Crippen molar-refractivity contribution in [3.8, 4) is 0 Å². The summed E-state index contributed by atoms with van der Waals surface area (Å²) in [5.74, 6) is -0.0505. The Morgan fingerprint density at radius 1 is 1.36 bits per heavy atom. The number of Topliss-reactive ketones (excluding diaryl/α,β-unsaturated/α-hetero) is 1. The van der Waals surface area contributed by atoms with E-state index in [1.54, 1.807) is 0 Å². The molecule has 25 heavy (non-hydrogen) atoms. The number of thiazole rings is 1. The number of nitrogens with one attached hydrogen (secondary N) is 1. The number of nitrogens with zero attached hydrogens (tertiary/aromatic N) is 2. The third-order valence-electron chi connectivity index (χ3n) is 4.08. The van der Waals surface area contributed by atoms with Crippen molar-refractivity contribution >= 4 is 28.2 Å². The minimum atomic E-state index is -0.117. The topological polar surface area (TPSA) is 71.5 Å². The first-order valence-corrected chi connectivity index (χ1v) is 9.12. The maximum atomic E-state index is 12.4. The highest BCUT2D eigenvalue weighted by Gasteiger charge is 2.27. The molecule has 1 aliphatic heterocycles. The van der Waals surface area contributed by atoms with Crippen LogP contribution < -0.4 is 5.32 Å². The molecule has 7 heteroatoms. The number of amides is 1. The smallest absolute Gasteiger partial charge is 0.240 e. The van der Waals surface area contributed by atoms with Crippen LogP contribution in [0.5, 0.6) is 0 Å². The minimum absolute atomic E-state index is 0.0667. The van der Waals surface area contributed by atoms with Crippen molar-refractivity contribution in [1.29, 1.82) is 0 Å². The maximum Gasteiger partial charge on any atom is 0.240 e. The van der Waals surface area contributed by atoms with E-state index >= 15 is 0 Å². The van der Waals surface area contributed by atoms with Crippen LogP contribution in [0.15, 0.2) is 35.7 Å². The summed E-state index contributed by atoms with van der Waals surface area (Å²) >= 11 is 1.41. The minimum Gasteiger partial charge on any atom is -0.378 e. The van der Waals surface area contributed by atoms with Gasteiger partial charge >= 0.3 is 0 Å². The van der Waals surface area contributed by atoms with Gasteiger partial charge in [0.1, 0.15) is 0 Å². The summed E-state index contributed by atoms with van der Waals surface area (Å²) in [5.41, 5.74) is 1.58. The normalized spacial score (nSPS) is 18.0. The van der Waals surface area contributed by atoms with Gasteiger partial charge in [-0.2, -0.15) is 0 Å². The Morgan fingerprint density at radius 2 is 2.16 bits per heavy atom. The molecule has 0 radical (unpaired) electrons. The number of ketones is 1. The lowest BCUT2D eigenvalue weighted by atomic mass is 10.0. The number of morpholine rings is 1. The van der Waals surface area contributed by atoms with E-state index in [0.717, 1.165) is 5.69 Å². The molecule has 0 aliphatic carbocycles. The quantitative estimate of drug-likeness (QED) is 0.802. The van der Waals surface area contributed by atoms with Gasteiger partial charge in [0.25, 0.3) is 0 Å². The van der Waals surface area contributed by atoms with E-state index in [4.69, 9.17) is 4.74 Å². The zero-order chi connectivity index (χ0) is 17.6. The molecular formula is C18H21N3O3S. The van der Waals surface area contributed by atoms with Crippen molar-refractivity contribution < 1.29 is 14.3 Å². The Morgan fingerprint density at radius 3 is 2.88 bits per heavy atom. The molecule has 0 unspecified atom stereocenters. The van der Waals surface area contributed by atoms with Crippen LogP contribution in [0.1, 0.15) is 22.5 Å². The Balaban J connectivity index is 1.58. The molecule has 1 saturated heterocycles.